The molecule has 0 aliphatic carbocycles. The van der Waals surface area contributed by atoms with Crippen LogP contribution in [0, 0.1) is 0 Å². The molecule has 118 valence electrons. The summed E-state index contributed by atoms with van der Waals surface area (Å²) in [6.07, 6.45) is -2.48. The third kappa shape index (κ3) is 4.57. The molecule has 0 fully saturated rings. The second-order valence-electron chi connectivity index (χ2n) is 4.32. The number of aromatic nitrogens is 1. The summed E-state index contributed by atoms with van der Waals surface area (Å²) in [5.41, 5.74) is 0.213. The number of hydrogen-bond donors (Lipinski definition) is 1. The second-order valence-corrected chi connectivity index (χ2v) is 4.32. The van der Waals surface area contributed by atoms with Crippen LogP contribution >= 0.6 is 0 Å². The number of alkyl halides is 4. The Morgan fingerprint density at radius 2 is 2.00 bits per heavy atom. The highest BCUT2D eigenvalue weighted by Crippen LogP contribution is 2.23. The standard InChI is InChI=1S/C13H17F4N3O/c1-3-20(4-2)11(21)10-7-9(5-6-18-10)19-8-13(16,17)12(14)15/h5-7,12H,3-4,8H2,1-2H3,(H,18,19). The van der Waals surface area contributed by atoms with E-state index in [4.69, 9.17) is 0 Å². The maximum atomic E-state index is 12.8. The van der Waals surface area contributed by atoms with Crippen LogP contribution in [0.15, 0.2) is 18.3 Å². The van der Waals surface area contributed by atoms with Crippen molar-refractivity contribution in [2.75, 3.05) is 25.0 Å². The number of anilines is 1. The van der Waals surface area contributed by atoms with E-state index >= 15 is 0 Å². The van der Waals surface area contributed by atoms with Crippen LogP contribution in [-0.4, -0.2) is 47.8 Å². The Bertz CT molecular complexity index is 478. The Labute approximate surface area is 120 Å². The van der Waals surface area contributed by atoms with Gasteiger partial charge in [-0.25, -0.2) is 8.78 Å². The number of nitrogens with zero attached hydrogens (tertiary/aromatic N) is 2. The Balaban J connectivity index is 2.79. The topological polar surface area (TPSA) is 45.2 Å². The largest absolute Gasteiger partial charge is 0.379 e. The van der Waals surface area contributed by atoms with Gasteiger partial charge in [-0.1, -0.05) is 0 Å². The van der Waals surface area contributed by atoms with Crippen molar-refractivity contribution >= 4 is 11.6 Å². The quantitative estimate of drug-likeness (QED) is 0.788. The lowest BCUT2D eigenvalue weighted by Crippen LogP contribution is -2.35. The van der Waals surface area contributed by atoms with E-state index in [1.165, 1.54) is 23.2 Å². The van der Waals surface area contributed by atoms with Crippen LogP contribution in [0.4, 0.5) is 23.2 Å². The predicted octanol–water partition coefficient (Wildman–Crippen LogP) is 2.88. The molecule has 1 aromatic heterocycles. The minimum absolute atomic E-state index is 0.0732. The van der Waals surface area contributed by atoms with E-state index in [9.17, 15) is 22.4 Å². The fraction of sp³-hybridized carbons (Fsp3) is 0.538. The summed E-state index contributed by atoms with van der Waals surface area (Å²) >= 11 is 0. The number of rotatable bonds is 7. The van der Waals surface area contributed by atoms with Crippen LogP contribution in [0.2, 0.25) is 0 Å². The maximum absolute atomic E-state index is 12.8. The first-order valence-electron chi connectivity index (χ1n) is 6.47. The SMILES string of the molecule is CCN(CC)C(=O)c1cc(NCC(F)(F)C(F)F)ccn1. The molecule has 1 amide bonds. The van der Waals surface area contributed by atoms with Crippen molar-refractivity contribution in [1.82, 2.24) is 9.88 Å². The minimum atomic E-state index is -4.13. The molecular formula is C13H17F4N3O. The lowest BCUT2D eigenvalue weighted by molar-refractivity contribution is -0.117. The van der Waals surface area contributed by atoms with Gasteiger partial charge in [-0.2, -0.15) is 8.78 Å². The van der Waals surface area contributed by atoms with Crippen LogP contribution in [0.1, 0.15) is 24.3 Å². The van der Waals surface area contributed by atoms with E-state index in [2.05, 4.69) is 10.3 Å². The van der Waals surface area contributed by atoms with Gasteiger partial charge in [-0.15, -0.1) is 0 Å². The molecule has 4 nitrogen and oxygen atoms in total. The molecule has 0 atom stereocenters. The average Bonchev–Trinajstić information content (AvgIpc) is 2.46. The zero-order valence-corrected chi connectivity index (χ0v) is 11.7. The molecular weight excluding hydrogens is 290 g/mol. The number of amides is 1. The molecule has 1 rings (SSSR count). The Kier molecular flexibility index (Phi) is 5.92. The van der Waals surface area contributed by atoms with Gasteiger partial charge < -0.3 is 10.2 Å². The van der Waals surface area contributed by atoms with Gasteiger partial charge in [0.05, 0.1) is 6.54 Å². The molecule has 0 aromatic carbocycles. The molecule has 8 heteroatoms. The summed E-state index contributed by atoms with van der Waals surface area (Å²) in [5.74, 6) is -4.48. The minimum Gasteiger partial charge on any atom is -0.379 e. The smallest absolute Gasteiger partial charge is 0.324 e. The van der Waals surface area contributed by atoms with E-state index in [-0.39, 0.29) is 17.3 Å². The van der Waals surface area contributed by atoms with Gasteiger partial charge >= 0.3 is 12.3 Å². The molecule has 0 radical (unpaired) electrons. The van der Waals surface area contributed by atoms with E-state index in [0.29, 0.717) is 13.1 Å². The number of halogens is 4. The van der Waals surface area contributed by atoms with Gasteiger partial charge in [0, 0.05) is 25.0 Å². The molecule has 0 aliphatic heterocycles. The molecule has 0 spiro atoms. The predicted molar refractivity (Wildman–Crippen MR) is 70.9 cm³/mol. The fourth-order valence-electron chi connectivity index (χ4n) is 1.63. The summed E-state index contributed by atoms with van der Waals surface area (Å²) in [7, 11) is 0. The van der Waals surface area contributed by atoms with Crippen molar-refractivity contribution in [2.45, 2.75) is 26.2 Å². The van der Waals surface area contributed by atoms with Crippen molar-refractivity contribution in [3.63, 3.8) is 0 Å². The molecule has 1 heterocycles. The molecule has 21 heavy (non-hydrogen) atoms. The fourth-order valence-corrected chi connectivity index (χ4v) is 1.63. The molecule has 1 aromatic rings. The summed E-state index contributed by atoms with van der Waals surface area (Å²) in [6, 6.07) is 2.60. The summed E-state index contributed by atoms with van der Waals surface area (Å²) in [6.45, 7) is 3.35. The van der Waals surface area contributed by atoms with Crippen LogP contribution < -0.4 is 5.32 Å². The molecule has 0 saturated heterocycles. The van der Waals surface area contributed by atoms with Crippen molar-refractivity contribution in [1.29, 1.82) is 0 Å². The lowest BCUT2D eigenvalue weighted by atomic mass is 10.2. The zero-order chi connectivity index (χ0) is 16.0. The van der Waals surface area contributed by atoms with Crippen LogP contribution in [0.5, 0.6) is 0 Å². The van der Waals surface area contributed by atoms with E-state index < -0.39 is 18.9 Å². The van der Waals surface area contributed by atoms with Crippen LogP contribution in [0.25, 0.3) is 0 Å². The molecule has 0 saturated carbocycles. The monoisotopic (exact) mass is 307 g/mol. The molecule has 0 aliphatic rings. The third-order valence-corrected chi connectivity index (χ3v) is 2.88. The highest BCUT2D eigenvalue weighted by Gasteiger charge is 2.40. The van der Waals surface area contributed by atoms with Crippen molar-refractivity contribution in [3.05, 3.63) is 24.0 Å². The highest BCUT2D eigenvalue weighted by molar-refractivity contribution is 5.93. The normalized spacial score (nSPS) is 11.6. The second kappa shape index (κ2) is 7.24. The Hall–Kier alpha value is -1.86. The first-order valence-corrected chi connectivity index (χ1v) is 6.47. The van der Waals surface area contributed by atoms with Gasteiger partial charge in [0.1, 0.15) is 5.69 Å². The van der Waals surface area contributed by atoms with Crippen molar-refractivity contribution in [2.24, 2.45) is 0 Å². The Morgan fingerprint density at radius 1 is 1.38 bits per heavy atom. The number of hydrogen-bond acceptors (Lipinski definition) is 3. The first kappa shape index (κ1) is 17.2. The third-order valence-electron chi connectivity index (χ3n) is 2.88. The highest BCUT2D eigenvalue weighted by atomic mass is 19.3. The lowest BCUT2D eigenvalue weighted by Gasteiger charge is -2.19. The molecule has 0 bridgehead atoms. The van der Waals surface area contributed by atoms with E-state index in [1.54, 1.807) is 13.8 Å². The maximum Gasteiger partial charge on any atom is 0.324 e. The van der Waals surface area contributed by atoms with Gasteiger partial charge in [-0.05, 0) is 26.0 Å². The van der Waals surface area contributed by atoms with Gasteiger partial charge in [0.25, 0.3) is 5.91 Å². The number of carbonyl (C=O) groups excluding carboxylic acids is 1. The Morgan fingerprint density at radius 3 is 2.52 bits per heavy atom. The van der Waals surface area contributed by atoms with Crippen LogP contribution in [0.3, 0.4) is 0 Å². The van der Waals surface area contributed by atoms with Crippen LogP contribution in [-0.2, 0) is 0 Å². The molecule has 0 unspecified atom stereocenters. The first-order chi connectivity index (χ1) is 9.81. The van der Waals surface area contributed by atoms with Gasteiger partial charge in [0.15, 0.2) is 0 Å². The van der Waals surface area contributed by atoms with Crippen molar-refractivity contribution in [3.8, 4) is 0 Å². The number of nitrogens with one attached hydrogen (secondary N) is 1. The number of pyridine rings is 1. The van der Waals surface area contributed by atoms with E-state index in [0.717, 1.165) is 0 Å². The van der Waals surface area contributed by atoms with Gasteiger partial charge in [0.2, 0.25) is 0 Å². The number of carbonyl (C=O) groups is 1. The molecule has 1 N–H and O–H groups in total. The summed E-state index contributed by atoms with van der Waals surface area (Å²) in [4.78, 5) is 17.4. The summed E-state index contributed by atoms with van der Waals surface area (Å²) in [5, 5.41) is 2.20. The van der Waals surface area contributed by atoms with Gasteiger partial charge in [-0.3, -0.25) is 9.78 Å². The zero-order valence-electron chi connectivity index (χ0n) is 11.7. The van der Waals surface area contributed by atoms with E-state index in [1.807, 2.05) is 0 Å². The van der Waals surface area contributed by atoms with Crippen molar-refractivity contribution < 1.29 is 22.4 Å². The summed E-state index contributed by atoms with van der Waals surface area (Å²) < 4.78 is 49.8. The average molecular weight is 307 g/mol.